The molecule has 4 rings (SSSR count). The fourth-order valence-corrected chi connectivity index (χ4v) is 3.97. The number of carbonyl (C=O) groups is 2. The monoisotopic (exact) mass is 435 g/mol. The smallest absolute Gasteiger partial charge is 0.277 e. The van der Waals surface area contributed by atoms with E-state index in [1.807, 2.05) is 17.0 Å². The van der Waals surface area contributed by atoms with Gasteiger partial charge < -0.3 is 14.6 Å². The molecule has 10 heteroatoms. The van der Waals surface area contributed by atoms with Gasteiger partial charge in [-0.1, -0.05) is 35.5 Å². The number of carbonyl (C=O) groups excluding carboxylic acids is 2. The zero-order chi connectivity index (χ0) is 20.2. The van der Waals surface area contributed by atoms with Crippen LogP contribution >= 0.6 is 23.4 Å². The molecule has 2 amide bonds. The molecule has 1 aliphatic heterocycles. The first-order valence-corrected chi connectivity index (χ1v) is 11.0. The van der Waals surface area contributed by atoms with Gasteiger partial charge in [-0.2, -0.15) is 0 Å². The summed E-state index contributed by atoms with van der Waals surface area (Å²) in [5, 5.41) is 11.9. The summed E-state index contributed by atoms with van der Waals surface area (Å²) in [5.74, 6) is 0.665. The number of thioether (sulfide) groups is 1. The highest BCUT2D eigenvalue weighted by atomic mass is 35.5. The van der Waals surface area contributed by atoms with Gasteiger partial charge in [-0.25, -0.2) is 0 Å². The van der Waals surface area contributed by atoms with E-state index in [9.17, 15) is 9.59 Å². The molecule has 1 saturated heterocycles. The average Bonchev–Trinajstić information content (AvgIpc) is 3.40. The van der Waals surface area contributed by atoms with E-state index in [4.69, 9.17) is 16.0 Å². The molecule has 1 saturated carbocycles. The Bertz CT molecular complexity index is 880. The van der Waals surface area contributed by atoms with Crippen LogP contribution in [-0.4, -0.2) is 76.3 Å². The topological polar surface area (TPSA) is 91.6 Å². The molecule has 0 atom stereocenters. The minimum absolute atomic E-state index is 0.0228. The van der Waals surface area contributed by atoms with E-state index in [1.54, 1.807) is 12.1 Å². The summed E-state index contributed by atoms with van der Waals surface area (Å²) >= 11 is 7.36. The van der Waals surface area contributed by atoms with Gasteiger partial charge in [0.1, 0.15) is 0 Å². The van der Waals surface area contributed by atoms with Crippen LogP contribution in [0.15, 0.2) is 33.9 Å². The second-order valence-corrected chi connectivity index (χ2v) is 8.47. The summed E-state index contributed by atoms with van der Waals surface area (Å²) in [6, 6.07) is 7.62. The largest absolute Gasteiger partial charge is 0.411 e. The van der Waals surface area contributed by atoms with Gasteiger partial charge in [-0.05, 0) is 25.0 Å². The van der Waals surface area contributed by atoms with Gasteiger partial charge >= 0.3 is 0 Å². The Kier molecular flexibility index (Phi) is 6.37. The quantitative estimate of drug-likeness (QED) is 0.664. The third-order valence-electron chi connectivity index (χ3n) is 4.86. The number of amides is 2. The number of nitrogens with one attached hydrogen (secondary N) is 1. The molecule has 2 heterocycles. The molecular formula is C19H22ClN5O3S. The Morgan fingerprint density at radius 3 is 2.66 bits per heavy atom. The third kappa shape index (κ3) is 5.49. The first-order valence-electron chi connectivity index (χ1n) is 9.59. The van der Waals surface area contributed by atoms with E-state index in [0.29, 0.717) is 60.5 Å². The number of hydrogen-bond acceptors (Lipinski definition) is 7. The van der Waals surface area contributed by atoms with Crippen LogP contribution in [0.3, 0.4) is 0 Å². The van der Waals surface area contributed by atoms with Gasteiger partial charge in [-0.3, -0.25) is 14.5 Å². The number of rotatable bonds is 7. The molecule has 0 unspecified atom stereocenters. The molecule has 0 spiro atoms. The third-order valence-corrected chi connectivity index (χ3v) is 6.00. The minimum atomic E-state index is 0.0228. The number of hydrogen-bond donors (Lipinski definition) is 1. The van der Waals surface area contributed by atoms with Gasteiger partial charge in [0.2, 0.25) is 17.7 Å². The molecule has 0 radical (unpaired) electrons. The average molecular weight is 436 g/mol. The summed E-state index contributed by atoms with van der Waals surface area (Å²) in [5.41, 5.74) is 0.668. The Morgan fingerprint density at radius 1 is 1.17 bits per heavy atom. The molecule has 2 aromatic rings. The van der Waals surface area contributed by atoms with E-state index in [2.05, 4.69) is 20.4 Å². The number of piperazine rings is 1. The molecule has 1 aliphatic carbocycles. The maximum Gasteiger partial charge on any atom is 0.277 e. The van der Waals surface area contributed by atoms with E-state index in [0.717, 1.165) is 12.8 Å². The molecule has 1 aromatic carbocycles. The molecule has 2 fully saturated rings. The maximum atomic E-state index is 12.5. The number of benzene rings is 1. The second-order valence-electron chi connectivity index (χ2n) is 7.14. The standard InChI is InChI=1S/C19H22ClN5O3S/c20-15-4-2-1-3-14(15)18-22-23-19(28-18)29-12-17(27)25-9-7-24(8-10-25)11-16(26)21-13-5-6-13/h1-4,13H,5-12H2,(H,21,26). The SMILES string of the molecule is O=C(CN1CCN(C(=O)CSc2nnc(-c3ccccc3Cl)o2)CC1)NC1CC1. The van der Waals surface area contributed by atoms with Crippen LogP contribution in [0.4, 0.5) is 0 Å². The summed E-state index contributed by atoms with van der Waals surface area (Å²) < 4.78 is 5.62. The highest BCUT2D eigenvalue weighted by Gasteiger charge is 2.26. The van der Waals surface area contributed by atoms with Gasteiger partial charge in [0.25, 0.3) is 5.22 Å². The van der Waals surface area contributed by atoms with Crippen molar-refractivity contribution in [2.75, 3.05) is 38.5 Å². The van der Waals surface area contributed by atoms with Crippen molar-refractivity contribution in [3.8, 4) is 11.5 Å². The fourth-order valence-electron chi connectivity index (χ4n) is 3.09. The first-order chi connectivity index (χ1) is 14.1. The van der Waals surface area contributed by atoms with Crippen LogP contribution in [-0.2, 0) is 9.59 Å². The molecule has 8 nitrogen and oxygen atoms in total. The molecule has 29 heavy (non-hydrogen) atoms. The summed E-state index contributed by atoms with van der Waals surface area (Å²) in [6.45, 7) is 3.03. The van der Waals surface area contributed by atoms with Gasteiger partial charge in [0.15, 0.2) is 0 Å². The van der Waals surface area contributed by atoms with Crippen molar-refractivity contribution in [1.29, 1.82) is 0 Å². The van der Waals surface area contributed by atoms with Crippen molar-refractivity contribution in [1.82, 2.24) is 25.3 Å². The van der Waals surface area contributed by atoms with Gasteiger partial charge in [0.05, 0.1) is 22.9 Å². The lowest BCUT2D eigenvalue weighted by Gasteiger charge is -2.34. The fraction of sp³-hybridized carbons (Fsp3) is 0.474. The zero-order valence-corrected chi connectivity index (χ0v) is 17.4. The van der Waals surface area contributed by atoms with E-state index in [1.165, 1.54) is 11.8 Å². The van der Waals surface area contributed by atoms with Crippen LogP contribution in [0.1, 0.15) is 12.8 Å². The van der Waals surface area contributed by atoms with Crippen molar-refractivity contribution < 1.29 is 14.0 Å². The second kappa shape index (κ2) is 9.15. The lowest BCUT2D eigenvalue weighted by Crippen LogP contribution is -2.51. The molecule has 1 N–H and O–H groups in total. The van der Waals surface area contributed by atoms with Crippen molar-refractivity contribution in [2.24, 2.45) is 0 Å². The van der Waals surface area contributed by atoms with Crippen LogP contribution < -0.4 is 5.32 Å². The number of halogens is 1. The van der Waals surface area contributed by atoms with Gasteiger partial charge in [0, 0.05) is 32.2 Å². The van der Waals surface area contributed by atoms with Crippen LogP contribution in [0, 0.1) is 0 Å². The molecule has 2 aliphatic rings. The van der Waals surface area contributed by atoms with Crippen molar-refractivity contribution in [2.45, 2.75) is 24.1 Å². The van der Waals surface area contributed by atoms with Crippen molar-refractivity contribution in [3.05, 3.63) is 29.3 Å². The highest BCUT2D eigenvalue weighted by molar-refractivity contribution is 7.99. The first kappa shape index (κ1) is 20.2. The minimum Gasteiger partial charge on any atom is -0.411 e. The molecule has 1 aromatic heterocycles. The molecule has 0 bridgehead atoms. The Morgan fingerprint density at radius 2 is 1.93 bits per heavy atom. The maximum absolute atomic E-state index is 12.5. The number of aromatic nitrogens is 2. The molecule has 154 valence electrons. The number of nitrogens with zero attached hydrogens (tertiary/aromatic N) is 4. The van der Waals surface area contributed by atoms with E-state index in [-0.39, 0.29) is 17.6 Å². The Labute approximate surface area is 178 Å². The zero-order valence-electron chi connectivity index (χ0n) is 15.8. The Balaban J connectivity index is 1.21. The van der Waals surface area contributed by atoms with Crippen LogP contribution in [0.25, 0.3) is 11.5 Å². The summed E-state index contributed by atoms with van der Waals surface area (Å²) in [4.78, 5) is 28.3. The lowest BCUT2D eigenvalue weighted by atomic mass is 10.2. The van der Waals surface area contributed by atoms with Crippen LogP contribution in [0.5, 0.6) is 0 Å². The van der Waals surface area contributed by atoms with Crippen molar-refractivity contribution in [3.63, 3.8) is 0 Å². The van der Waals surface area contributed by atoms with E-state index < -0.39 is 0 Å². The van der Waals surface area contributed by atoms with Gasteiger partial charge in [-0.15, -0.1) is 10.2 Å². The molecular weight excluding hydrogens is 414 g/mol. The summed E-state index contributed by atoms with van der Waals surface area (Å²) in [7, 11) is 0. The van der Waals surface area contributed by atoms with E-state index >= 15 is 0 Å². The predicted molar refractivity (Wildman–Crippen MR) is 110 cm³/mol. The van der Waals surface area contributed by atoms with Crippen LogP contribution in [0.2, 0.25) is 5.02 Å². The normalized spacial score (nSPS) is 17.3. The predicted octanol–water partition coefficient (Wildman–Crippen LogP) is 1.90. The summed E-state index contributed by atoms with van der Waals surface area (Å²) in [6.07, 6.45) is 2.18. The Hall–Kier alpha value is -2.10. The van der Waals surface area contributed by atoms with Crippen molar-refractivity contribution >= 4 is 35.2 Å². The highest BCUT2D eigenvalue weighted by Crippen LogP contribution is 2.28. The lowest BCUT2D eigenvalue weighted by molar-refractivity contribution is -0.130.